The van der Waals surface area contributed by atoms with Gasteiger partial charge in [0.25, 0.3) is 0 Å². The molecule has 7 heteroatoms. The molecule has 1 saturated heterocycles. The normalized spacial score (nSPS) is 19.0. The summed E-state index contributed by atoms with van der Waals surface area (Å²) in [4.78, 5) is 14.1. The van der Waals surface area contributed by atoms with Gasteiger partial charge in [0.05, 0.1) is 19.8 Å². The fourth-order valence-electron chi connectivity index (χ4n) is 2.13. The lowest BCUT2D eigenvalue weighted by molar-refractivity contribution is -0.148. The van der Waals surface area contributed by atoms with Crippen molar-refractivity contribution < 1.29 is 19.0 Å². The molecule has 1 heterocycles. The number of carbonyl (C=O) groups is 1. The van der Waals surface area contributed by atoms with Crippen molar-refractivity contribution in [2.24, 2.45) is 5.11 Å². The van der Waals surface area contributed by atoms with Crippen LogP contribution in [0.3, 0.4) is 0 Å². The van der Waals surface area contributed by atoms with Gasteiger partial charge in [0.2, 0.25) is 0 Å². The Morgan fingerprint density at radius 3 is 2.67 bits per heavy atom. The van der Waals surface area contributed by atoms with Crippen LogP contribution in [0.4, 0.5) is 0 Å². The number of nitrogens with zero attached hydrogens (tertiary/aromatic N) is 3. The maximum atomic E-state index is 11.2. The van der Waals surface area contributed by atoms with Gasteiger partial charge < -0.3 is 14.2 Å². The maximum Gasteiger partial charge on any atom is 0.303 e. The number of epoxide rings is 1. The van der Waals surface area contributed by atoms with Gasteiger partial charge in [-0.3, -0.25) is 4.79 Å². The Labute approximate surface area is 122 Å². The zero-order valence-electron chi connectivity index (χ0n) is 11.9. The van der Waals surface area contributed by atoms with E-state index in [1.54, 1.807) is 7.11 Å². The lowest BCUT2D eigenvalue weighted by atomic mass is 10.00. The fourth-order valence-corrected chi connectivity index (χ4v) is 2.13. The molecule has 7 nitrogen and oxygen atoms in total. The first-order valence-electron chi connectivity index (χ1n) is 6.60. The highest BCUT2D eigenvalue weighted by atomic mass is 16.6. The summed E-state index contributed by atoms with van der Waals surface area (Å²) < 4.78 is 15.5. The van der Waals surface area contributed by atoms with E-state index in [-0.39, 0.29) is 6.10 Å². The minimum atomic E-state index is -0.555. The van der Waals surface area contributed by atoms with Crippen LogP contribution in [-0.2, 0) is 20.7 Å². The molecule has 0 spiro atoms. The van der Waals surface area contributed by atoms with Crippen LogP contribution in [0.2, 0.25) is 0 Å². The molecular weight excluding hydrogens is 274 g/mol. The lowest BCUT2D eigenvalue weighted by Crippen LogP contribution is -2.35. The second-order valence-electron chi connectivity index (χ2n) is 4.77. The van der Waals surface area contributed by atoms with Crippen LogP contribution in [0.25, 0.3) is 10.4 Å². The minimum Gasteiger partial charge on any atom is -0.497 e. The Hall–Kier alpha value is -2.24. The predicted octanol–water partition coefficient (Wildman–Crippen LogP) is 2.25. The molecule has 2 rings (SSSR count). The van der Waals surface area contributed by atoms with E-state index >= 15 is 0 Å². The minimum absolute atomic E-state index is 0.192. The van der Waals surface area contributed by atoms with Crippen molar-refractivity contribution in [3.63, 3.8) is 0 Å². The van der Waals surface area contributed by atoms with E-state index < -0.39 is 18.1 Å². The molecule has 1 aliphatic rings. The first-order valence-corrected chi connectivity index (χ1v) is 6.60. The van der Waals surface area contributed by atoms with Gasteiger partial charge in [-0.05, 0) is 29.6 Å². The molecule has 21 heavy (non-hydrogen) atoms. The molecule has 0 unspecified atom stereocenters. The predicted molar refractivity (Wildman–Crippen MR) is 74.9 cm³/mol. The van der Waals surface area contributed by atoms with E-state index in [0.29, 0.717) is 13.0 Å². The molecule has 112 valence electrons. The molecule has 1 aromatic carbocycles. The molecule has 0 radical (unpaired) electrons. The molecule has 1 aliphatic heterocycles. The summed E-state index contributed by atoms with van der Waals surface area (Å²) in [6.07, 6.45) is -0.283. The van der Waals surface area contributed by atoms with Gasteiger partial charge >= 0.3 is 5.97 Å². The van der Waals surface area contributed by atoms with Gasteiger partial charge in [-0.1, -0.05) is 17.2 Å². The van der Waals surface area contributed by atoms with E-state index in [1.807, 2.05) is 24.3 Å². The van der Waals surface area contributed by atoms with E-state index in [4.69, 9.17) is 19.7 Å². The largest absolute Gasteiger partial charge is 0.497 e. The van der Waals surface area contributed by atoms with Gasteiger partial charge in [-0.2, -0.15) is 0 Å². The zero-order chi connectivity index (χ0) is 15.2. The standard InChI is InChI=1S/C14H17N3O4/c1-9(18)21-14(13-8-20-13)12(16-17-15)7-10-3-5-11(19-2)6-4-10/h3-6,12-14H,7-8H2,1-2H3/t12-,13+,14+/m1/s1. The Morgan fingerprint density at radius 2 is 2.19 bits per heavy atom. The van der Waals surface area contributed by atoms with E-state index in [2.05, 4.69) is 10.0 Å². The van der Waals surface area contributed by atoms with Crippen molar-refractivity contribution in [3.05, 3.63) is 40.3 Å². The van der Waals surface area contributed by atoms with Crippen molar-refractivity contribution in [1.29, 1.82) is 0 Å². The Bertz CT molecular complexity index is 536. The number of hydrogen-bond donors (Lipinski definition) is 0. The topological polar surface area (TPSA) is 96.8 Å². The highest BCUT2D eigenvalue weighted by Crippen LogP contribution is 2.25. The van der Waals surface area contributed by atoms with E-state index in [1.165, 1.54) is 6.92 Å². The lowest BCUT2D eigenvalue weighted by Gasteiger charge is -2.21. The SMILES string of the molecule is COc1ccc(C[C@@H](N=[N+]=[N-])[C@H](OC(C)=O)[C@@H]2CO2)cc1. The van der Waals surface area contributed by atoms with Crippen molar-refractivity contribution in [3.8, 4) is 5.75 Å². The molecular formula is C14H17N3O4. The number of azide groups is 1. The number of benzene rings is 1. The van der Waals surface area contributed by atoms with Crippen molar-refractivity contribution in [2.75, 3.05) is 13.7 Å². The zero-order valence-corrected chi connectivity index (χ0v) is 11.9. The van der Waals surface area contributed by atoms with Gasteiger partial charge in [0, 0.05) is 11.8 Å². The third-order valence-corrected chi connectivity index (χ3v) is 3.21. The average Bonchev–Trinajstić information content (AvgIpc) is 3.29. The van der Waals surface area contributed by atoms with Crippen molar-refractivity contribution >= 4 is 5.97 Å². The number of rotatable bonds is 7. The highest BCUT2D eigenvalue weighted by Gasteiger charge is 2.40. The van der Waals surface area contributed by atoms with Gasteiger partial charge in [-0.25, -0.2) is 0 Å². The quantitative estimate of drug-likeness (QED) is 0.253. The molecule has 0 saturated carbocycles. The summed E-state index contributed by atoms with van der Waals surface area (Å²) in [7, 11) is 1.60. The smallest absolute Gasteiger partial charge is 0.303 e. The molecule has 0 aliphatic carbocycles. The van der Waals surface area contributed by atoms with Gasteiger partial charge in [0.1, 0.15) is 18.0 Å². The third kappa shape index (κ3) is 4.37. The maximum absolute atomic E-state index is 11.2. The third-order valence-electron chi connectivity index (χ3n) is 3.21. The second kappa shape index (κ2) is 6.97. The summed E-state index contributed by atoms with van der Waals surface area (Å²) in [6.45, 7) is 1.84. The van der Waals surface area contributed by atoms with Gasteiger partial charge in [0.15, 0.2) is 0 Å². The average molecular weight is 291 g/mol. The summed E-state index contributed by atoms with van der Waals surface area (Å²) >= 11 is 0. The first kappa shape index (κ1) is 15.2. The first-order chi connectivity index (χ1) is 10.1. The fraction of sp³-hybridized carbons (Fsp3) is 0.500. The van der Waals surface area contributed by atoms with Crippen LogP contribution in [0, 0.1) is 0 Å². The van der Waals surface area contributed by atoms with Crippen LogP contribution in [0.5, 0.6) is 5.75 Å². The van der Waals surface area contributed by atoms with Gasteiger partial charge in [-0.15, -0.1) is 0 Å². The summed E-state index contributed by atoms with van der Waals surface area (Å²) in [5.74, 6) is 0.338. The monoisotopic (exact) mass is 291 g/mol. The number of esters is 1. The van der Waals surface area contributed by atoms with Crippen LogP contribution >= 0.6 is 0 Å². The summed E-state index contributed by atoms with van der Waals surface area (Å²) in [5, 5.41) is 3.77. The summed E-state index contributed by atoms with van der Waals surface area (Å²) in [6, 6.07) is 6.93. The summed E-state index contributed by atoms with van der Waals surface area (Å²) in [5.41, 5.74) is 9.70. The molecule has 0 amide bonds. The Morgan fingerprint density at radius 1 is 1.52 bits per heavy atom. The Kier molecular flexibility index (Phi) is 5.03. The molecule has 0 bridgehead atoms. The van der Waals surface area contributed by atoms with Crippen LogP contribution in [0.15, 0.2) is 29.4 Å². The van der Waals surface area contributed by atoms with Crippen LogP contribution in [-0.4, -0.2) is 37.9 Å². The second-order valence-corrected chi connectivity index (χ2v) is 4.77. The Balaban J connectivity index is 2.12. The van der Waals surface area contributed by atoms with Crippen molar-refractivity contribution in [1.82, 2.24) is 0 Å². The molecule has 1 fully saturated rings. The highest BCUT2D eigenvalue weighted by molar-refractivity contribution is 5.66. The van der Waals surface area contributed by atoms with Crippen molar-refractivity contribution in [2.45, 2.75) is 31.6 Å². The number of methoxy groups -OCH3 is 1. The van der Waals surface area contributed by atoms with E-state index in [0.717, 1.165) is 11.3 Å². The molecule has 0 N–H and O–H groups in total. The number of hydrogen-bond acceptors (Lipinski definition) is 5. The van der Waals surface area contributed by atoms with Crippen LogP contribution in [0.1, 0.15) is 12.5 Å². The molecule has 3 atom stereocenters. The number of carbonyl (C=O) groups excluding carboxylic acids is 1. The van der Waals surface area contributed by atoms with E-state index in [9.17, 15) is 4.79 Å². The number of ether oxygens (including phenoxy) is 3. The molecule has 1 aromatic rings. The molecule has 0 aromatic heterocycles. The van der Waals surface area contributed by atoms with Crippen LogP contribution < -0.4 is 4.74 Å².